The number of benzene rings is 1. The van der Waals surface area contributed by atoms with Crippen molar-refractivity contribution >= 4 is 0 Å². The molecule has 1 radical (unpaired) electrons. The first-order chi connectivity index (χ1) is 7.77. The van der Waals surface area contributed by atoms with Gasteiger partial charge in [0.25, 0.3) is 0 Å². The van der Waals surface area contributed by atoms with Gasteiger partial charge in [-0.15, -0.1) is 6.58 Å². The molecule has 0 atom stereocenters. The zero-order valence-electron chi connectivity index (χ0n) is 10.4. The van der Waals surface area contributed by atoms with E-state index in [9.17, 15) is 0 Å². The van der Waals surface area contributed by atoms with Crippen LogP contribution >= 0.6 is 0 Å². The van der Waals surface area contributed by atoms with E-state index in [1.807, 2.05) is 6.08 Å². The lowest BCUT2D eigenvalue weighted by Gasteiger charge is -2.16. The molecule has 0 heteroatoms. The maximum atomic E-state index is 3.90. The minimum atomic E-state index is 0.827. The summed E-state index contributed by atoms with van der Waals surface area (Å²) in [5, 5.41) is 0. The third-order valence-electron chi connectivity index (χ3n) is 3.43. The summed E-state index contributed by atoms with van der Waals surface area (Å²) in [6.45, 7) is 8.32. The smallest absolute Gasteiger partial charge is 0.0233 e. The summed E-state index contributed by atoms with van der Waals surface area (Å²) in [5.74, 6) is 2.15. The van der Waals surface area contributed by atoms with Crippen LogP contribution in [0.2, 0.25) is 0 Å². The Morgan fingerprint density at radius 3 is 2.75 bits per heavy atom. The van der Waals surface area contributed by atoms with Gasteiger partial charge in [-0.05, 0) is 41.9 Å². The number of allylic oxidation sites excluding steroid dienone is 1. The van der Waals surface area contributed by atoms with E-state index in [1.165, 1.54) is 37.2 Å². The molecule has 1 aromatic rings. The molecule has 0 N–H and O–H groups in total. The van der Waals surface area contributed by atoms with Crippen LogP contribution in [-0.2, 0) is 6.42 Å². The zero-order valence-corrected chi connectivity index (χ0v) is 10.4. The van der Waals surface area contributed by atoms with Gasteiger partial charge in [-0.3, -0.25) is 0 Å². The molecule has 1 fully saturated rings. The largest absolute Gasteiger partial charge is 0.102 e. The average Bonchev–Trinajstić information content (AvgIpc) is 3.12. The molecule has 0 amide bonds. The van der Waals surface area contributed by atoms with Crippen LogP contribution in [0.1, 0.15) is 55.7 Å². The first-order valence-corrected chi connectivity index (χ1v) is 6.36. The topological polar surface area (TPSA) is 0 Å². The molecule has 1 saturated carbocycles. The van der Waals surface area contributed by atoms with Crippen molar-refractivity contribution in [3.8, 4) is 0 Å². The molecule has 16 heavy (non-hydrogen) atoms. The molecule has 0 heterocycles. The predicted molar refractivity (Wildman–Crippen MR) is 70.6 cm³/mol. The highest BCUT2D eigenvalue weighted by Gasteiger charge is 2.28. The van der Waals surface area contributed by atoms with Crippen molar-refractivity contribution < 1.29 is 0 Å². The van der Waals surface area contributed by atoms with E-state index >= 15 is 0 Å². The molecule has 0 spiro atoms. The summed E-state index contributed by atoms with van der Waals surface area (Å²) in [6, 6.07) is 6.75. The van der Waals surface area contributed by atoms with Crippen molar-refractivity contribution in [2.75, 3.05) is 0 Å². The molecule has 1 aliphatic rings. The van der Waals surface area contributed by atoms with E-state index in [4.69, 9.17) is 0 Å². The van der Waals surface area contributed by atoms with Crippen molar-refractivity contribution in [2.45, 2.75) is 45.4 Å². The normalized spacial score (nSPS) is 15.4. The fourth-order valence-electron chi connectivity index (χ4n) is 2.41. The molecule has 0 nitrogen and oxygen atoms in total. The molecule has 0 aliphatic heterocycles. The molecular weight excluding hydrogens is 192 g/mol. The summed E-state index contributed by atoms with van der Waals surface area (Å²) in [4.78, 5) is 0. The monoisotopic (exact) mass is 213 g/mol. The van der Waals surface area contributed by atoms with Crippen LogP contribution in [0, 0.1) is 5.92 Å². The Morgan fingerprint density at radius 1 is 1.44 bits per heavy atom. The van der Waals surface area contributed by atoms with Gasteiger partial charge in [0, 0.05) is 5.92 Å². The van der Waals surface area contributed by atoms with Gasteiger partial charge in [0.2, 0.25) is 0 Å². The van der Waals surface area contributed by atoms with Crippen molar-refractivity contribution in [2.24, 2.45) is 0 Å². The molecule has 0 aromatic heterocycles. The Labute approximate surface area is 99.4 Å². The number of hydrogen-bond donors (Lipinski definition) is 0. The molecule has 0 bridgehead atoms. The molecule has 0 saturated heterocycles. The van der Waals surface area contributed by atoms with Crippen LogP contribution in [0.5, 0.6) is 0 Å². The van der Waals surface area contributed by atoms with E-state index < -0.39 is 0 Å². The Hall–Kier alpha value is -1.04. The van der Waals surface area contributed by atoms with E-state index in [-0.39, 0.29) is 0 Å². The maximum absolute atomic E-state index is 3.90. The maximum Gasteiger partial charge on any atom is 0.0233 e. The zero-order chi connectivity index (χ0) is 11.5. The minimum absolute atomic E-state index is 0.827. The summed E-state index contributed by atoms with van der Waals surface area (Å²) < 4.78 is 0. The van der Waals surface area contributed by atoms with Gasteiger partial charge >= 0.3 is 0 Å². The van der Waals surface area contributed by atoms with Gasteiger partial charge in [-0.1, -0.05) is 44.5 Å². The predicted octanol–water partition coefficient (Wildman–Crippen LogP) is 4.64. The minimum Gasteiger partial charge on any atom is -0.102 e. The Kier molecular flexibility index (Phi) is 3.48. The number of hydrogen-bond acceptors (Lipinski definition) is 0. The van der Waals surface area contributed by atoms with Gasteiger partial charge in [0.1, 0.15) is 0 Å². The van der Waals surface area contributed by atoms with Crippen LogP contribution in [-0.4, -0.2) is 0 Å². The van der Waals surface area contributed by atoms with Gasteiger partial charge < -0.3 is 0 Å². The average molecular weight is 213 g/mol. The van der Waals surface area contributed by atoms with Crippen molar-refractivity contribution in [3.63, 3.8) is 0 Å². The van der Waals surface area contributed by atoms with Crippen molar-refractivity contribution in [1.29, 1.82) is 0 Å². The van der Waals surface area contributed by atoms with Crippen LogP contribution in [0.3, 0.4) is 0 Å². The van der Waals surface area contributed by atoms with Gasteiger partial charge in [0.05, 0.1) is 0 Å². The second-order valence-corrected chi connectivity index (χ2v) is 4.79. The third kappa shape index (κ3) is 2.21. The molecule has 2 rings (SSSR count). The molecule has 1 aromatic carbocycles. The lowest BCUT2D eigenvalue weighted by molar-refractivity contribution is 0.890. The summed E-state index contributed by atoms with van der Waals surface area (Å²) >= 11 is 0. The van der Waals surface area contributed by atoms with Crippen molar-refractivity contribution in [3.05, 3.63) is 53.5 Å². The molecular formula is C16H21. The van der Waals surface area contributed by atoms with E-state index in [0.29, 0.717) is 0 Å². The second kappa shape index (κ2) is 4.86. The molecule has 1 aliphatic carbocycles. The molecule has 85 valence electrons. The molecule has 0 unspecified atom stereocenters. The SMILES string of the molecule is C=C[C](C)c1cccc(CCC)c1C1CC1. The van der Waals surface area contributed by atoms with Crippen LogP contribution < -0.4 is 0 Å². The lowest BCUT2D eigenvalue weighted by Crippen LogP contribution is -2.01. The van der Waals surface area contributed by atoms with Gasteiger partial charge in [-0.25, -0.2) is 0 Å². The van der Waals surface area contributed by atoms with Crippen LogP contribution in [0.4, 0.5) is 0 Å². The van der Waals surface area contributed by atoms with Crippen LogP contribution in [0.15, 0.2) is 30.9 Å². The highest BCUT2D eigenvalue weighted by Crippen LogP contribution is 2.45. The van der Waals surface area contributed by atoms with Gasteiger partial charge in [-0.2, -0.15) is 0 Å². The standard InChI is InChI=1S/C16H21/c1-4-7-13-8-6-9-15(12(3)5-2)16(13)14-10-11-14/h5-6,8-9,14H,2,4,7,10-11H2,1,3H3. The fraction of sp³-hybridized carbons (Fsp3) is 0.438. The van der Waals surface area contributed by atoms with E-state index in [0.717, 1.165) is 5.92 Å². The van der Waals surface area contributed by atoms with E-state index in [1.54, 1.807) is 11.1 Å². The van der Waals surface area contributed by atoms with Crippen molar-refractivity contribution in [1.82, 2.24) is 0 Å². The third-order valence-corrected chi connectivity index (χ3v) is 3.43. The number of rotatable bonds is 5. The summed E-state index contributed by atoms with van der Waals surface area (Å²) in [6.07, 6.45) is 7.17. The summed E-state index contributed by atoms with van der Waals surface area (Å²) in [7, 11) is 0. The summed E-state index contributed by atoms with van der Waals surface area (Å²) in [5.41, 5.74) is 4.61. The quantitative estimate of drug-likeness (QED) is 0.668. The highest BCUT2D eigenvalue weighted by atomic mass is 14.3. The second-order valence-electron chi connectivity index (χ2n) is 4.79. The highest BCUT2D eigenvalue weighted by molar-refractivity contribution is 5.49. The first-order valence-electron chi connectivity index (χ1n) is 6.36. The Bertz CT molecular complexity index is 372. The lowest BCUT2D eigenvalue weighted by atomic mass is 9.88. The van der Waals surface area contributed by atoms with Crippen LogP contribution in [0.25, 0.3) is 0 Å². The van der Waals surface area contributed by atoms with Gasteiger partial charge in [0.15, 0.2) is 0 Å². The first kappa shape index (κ1) is 11.4. The Balaban J connectivity index is 2.42. The van der Waals surface area contributed by atoms with E-state index in [2.05, 4.69) is 38.6 Å². The number of aryl methyl sites for hydroxylation is 1. The Morgan fingerprint density at radius 2 is 2.19 bits per heavy atom. The fourth-order valence-corrected chi connectivity index (χ4v) is 2.41.